The van der Waals surface area contributed by atoms with Crippen molar-refractivity contribution >= 4 is 35.0 Å². The van der Waals surface area contributed by atoms with Crippen LogP contribution in [0.15, 0.2) is 114 Å². The van der Waals surface area contributed by atoms with Crippen molar-refractivity contribution in [2.45, 2.75) is 4.90 Å². The monoisotopic (exact) mass is 484 g/mol. The molecule has 0 bridgehead atoms. The maximum Gasteiger partial charge on any atom is 0.262 e. The van der Waals surface area contributed by atoms with E-state index in [0.29, 0.717) is 22.9 Å². The van der Waals surface area contributed by atoms with Gasteiger partial charge in [-0.2, -0.15) is 0 Å². The molecule has 0 saturated heterocycles. The summed E-state index contributed by atoms with van der Waals surface area (Å²) in [7, 11) is 0. The first-order valence-corrected chi connectivity index (χ1v) is 12.0. The highest BCUT2D eigenvalue weighted by Crippen LogP contribution is 2.24. The standard InChI is InChI=1S/C28H24N2O4S/c31-27(19-33-23-9-3-1-4-10-23)30-22-8-7-13-26(18-22)35-20-28(32)29-21-14-16-25(17-15-21)34-24-11-5-2-6-12-24/h1-18H,19-20H2,(H,29,32)(H,30,31). The minimum Gasteiger partial charge on any atom is -0.484 e. The molecule has 0 aliphatic rings. The Morgan fingerprint density at radius 3 is 1.97 bits per heavy atom. The van der Waals surface area contributed by atoms with Gasteiger partial charge in [-0.25, -0.2) is 0 Å². The van der Waals surface area contributed by atoms with E-state index in [2.05, 4.69) is 10.6 Å². The number of ether oxygens (including phenoxy) is 2. The van der Waals surface area contributed by atoms with Crippen LogP contribution in [0.4, 0.5) is 11.4 Å². The smallest absolute Gasteiger partial charge is 0.262 e. The van der Waals surface area contributed by atoms with Gasteiger partial charge in [0.1, 0.15) is 17.2 Å². The van der Waals surface area contributed by atoms with Crippen molar-refractivity contribution in [3.63, 3.8) is 0 Å². The molecule has 176 valence electrons. The molecule has 0 fully saturated rings. The summed E-state index contributed by atoms with van der Waals surface area (Å²) in [5, 5.41) is 5.69. The van der Waals surface area contributed by atoms with Crippen LogP contribution in [0.25, 0.3) is 0 Å². The van der Waals surface area contributed by atoms with Gasteiger partial charge < -0.3 is 20.1 Å². The van der Waals surface area contributed by atoms with E-state index < -0.39 is 0 Å². The Kier molecular flexibility index (Phi) is 8.40. The van der Waals surface area contributed by atoms with Gasteiger partial charge in [0.05, 0.1) is 5.75 Å². The van der Waals surface area contributed by atoms with Gasteiger partial charge in [0, 0.05) is 16.3 Å². The molecule has 0 saturated carbocycles. The number of nitrogens with one attached hydrogen (secondary N) is 2. The second kappa shape index (κ2) is 12.3. The quantitative estimate of drug-likeness (QED) is 0.261. The number of thioether (sulfide) groups is 1. The van der Waals surface area contributed by atoms with Crippen LogP contribution in [0.1, 0.15) is 0 Å². The molecule has 0 atom stereocenters. The van der Waals surface area contributed by atoms with E-state index in [0.717, 1.165) is 10.6 Å². The Labute approximate surface area is 208 Å². The van der Waals surface area contributed by atoms with Crippen molar-refractivity contribution in [1.29, 1.82) is 0 Å². The molecule has 4 aromatic carbocycles. The number of para-hydroxylation sites is 2. The molecule has 7 heteroatoms. The summed E-state index contributed by atoms with van der Waals surface area (Å²) in [6, 6.07) is 33.2. The number of anilines is 2. The van der Waals surface area contributed by atoms with Crippen LogP contribution in [0.5, 0.6) is 17.2 Å². The third kappa shape index (κ3) is 7.94. The molecule has 0 aliphatic heterocycles. The van der Waals surface area contributed by atoms with Crippen LogP contribution in [-0.2, 0) is 9.59 Å². The highest BCUT2D eigenvalue weighted by atomic mass is 32.2. The van der Waals surface area contributed by atoms with Gasteiger partial charge in [0.15, 0.2) is 6.61 Å². The molecule has 0 heterocycles. The fourth-order valence-corrected chi connectivity index (χ4v) is 3.86. The maximum atomic E-state index is 12.4. The summed E-state index contributed by atoms with van der Waals surface area (Å²) in [5.74, 6) is 1.93. The average Bonchev–Trinajstić information content (AvgIpc) is 2.89. The van der Waals surface area contributed by atoms with Crippen LogP contribution in [0.2, 0.25) is 0 Å². The van der Waals surface area contributed by atoms with Crippen molar-refractivity contribution in [3.05, 3.63) is 109 Å². The minimum absolute atomic E-state index is 0.0844. The predicted molar refractivity (Wildman–Crippen MR) is 139 cm³/mol. The Morgan fingerprint density at radius 2 is 1.26 bits per heavy atom. The van der Waals surface area contributed by atoms with Crippen LogP contribution in [0, 0.1) is 0 Å². The number of amides is 2. The largest absolute Gasteiger partial charge is 0.484 e. The minimum atomic E-state index is -0.256. The van der Waals surface area contributed by atoms with Gasteiger partial charge in [0.25, 0.3) is 5.91 Å². The predicted octanol–water partition coefficient (Wildman–Crippen LogP) is 6.23. The molecule has 0 aromatic heterocycles. The highest BCUT2D eigenvalue weighted by molar-refractivity contribution is 8.00. The zero-order valence-corrected chi connectivity index (χ0v) is 19.7. The van der Waals surface area contributed by atoms with E-state index >= 15 is 0 Å². The molecule has 0 unspecified atom stereocenters. The topological polar surface area (TPSA) is 76.7 Å². The Morgan fingerprint density at radius 1 is 0.629 bits per heavy atom. The number of hydrogen-bond donors (Lipinski definition) is 2. The van der Waals surface area contributed by atoms with Crippen LogP contribution in [-0.4, -0.2) is 24.2 Å². The molecule has 2 amide bonds. The van der Waals surface area contributed by atoms with E-state index in [1.807, 2.05) is 78.9 Å². The summed E-state index contributed by atoms with van der Waals surface area (Å²) >= 11 is 1.38. The molecule has 0 spiro atoms. The first-order chi connectivity index (χ1) is 17.1. The lowest BCUT2D eigenvalue weighted by Gasteiger charge is -2.09. The fraction of sp³-hybridized carbons (Fsp3) is 0.0714. The van der Waals surface area contributed by atoms with Gasteiger partial charge in [0.2, 0.25) is 5.91 Å². The van der Waals surface area contributed by atoms with Gasteiger partial charge in [-0.05, 0) is 66.7 Å². The van der Waals surface area contributed by atoms with E-state index in [1.54, 1.807) is 30.3 Å². The molecule has 4 rings (SSSR count). The summed E-state index contributed by atoms with van der Waals surface area (Å²) in [6.45, 7) is -0.0844. The Bertz CT molecular complexity index is 1250. The van der Waals surface area contributed by atoms with Crippen molar-refractivity contribution in [2.24, 2.45) is 0 Å². The van der Waals surface area contributed by atoms with E-state index in [1.165, 1.54) is 11.8 Å². The lowest BCUT2D eigenvalue weighted by molar-refractivity contribution is -0.118. The zero-order chi connectivity index (χ0) is 24.3. The van der Waals surface area contributed by atoms with Gasteiger partial charge in [-0.1, -0.05) is 42.5 Å². The summed E-state index contributed by atoms with van der Waals surface area (Å²) in [4.78, 5) is 25.4. The summed E-state index contributed by atoms with van der Waals surface area (Å²) < 4.78 is 11.2. The van der Waals surface area contributed by atoms with Crippen LogP contribution >= 0.6 is 11.8 Å². The lowest BCUT2D eigenvalue weighted by atomic mass is 10.3. The summed E-state index contributed by atoms with van der Waals surface area (Å²) in [6.07, 6.45) is 0. The van der Waals surface area contributed by atoms with Gasteiger partial charge in [-0.15, -0.1) is 11.8 Å². The third-order valence-electron chi connectivity index (χ3n) is 4.72. The number of hydrogen-bond acceptors (Lipinski definition) is 5. The first-order valence-electron chi connectivity index (χ1n) is 11.0. The molecule has 0 aliphatic carbocycles. The molecular formula is C28H24N2O4S. The zero-order valence-electron chi connectivity index (χ0n) is 18.8. The lowest BCUT2D eigenvalue weighted by Crippen LogP contribution is -2.20. The molecule has 0 radical (unpaired) electrons. The maximum absolute atomic E-state index is 12.4. The van der Waals surface area contributed by atoms with Crippen LogP contribution < -0.4 is 20.1 Å². The number of carbonyl (C=O) groups is 2. The Hall–Kier alpha value is -4.23. The highest BCUT2D eigenvalue weighted by Gasteiger charge is 2.07. The fourth-order valence-electron chi connectivity index (χ4n) is 3.10. The first kappa shape index (κ1) is 23.9. The van der Waals surface area contributed by atoms with Crippen molar-refractivity contribution in [3.8, 4) is 17.2 Å². The molecular weight excluding hydrogens is 460 g/mol. The molecule has 4 aromatic rings. The van der Waals surface area contributed by atoms with E-state index in [9.17, 15) is 9.59 Å². The number of carbonyl (C=O) groups excluding carboxylic acids is 2. The second-order valence-electron chi connectivity index (χ2n) is 7.45. The molecule has 35 heavy (non-hydrogen) atoms. The average molecular weight is 485 g/mol. The SMILES string of the molecule is O=C(COc1ccccc1)Nc1cccc(SCC(=O)Nc2ccc(Oc3ccccc3)cc2)c1. The number of benzene rings is 4. The normalized spacial score (nSPS) is 10.3. The molecule has 6 nitrogen and oxygen atoms in total. The van der Waals surface area contributed by atoms with E-state index in [-0.39, 0.29) is 24.2 Å². The Balaban J connectivity index is 1.22. The van der Waals surface area contributed by atoms with Crippen molar-refractivity contribution in [1.82, 2.24) is 0 Å². The number of rotatable bonds is 10. The van der Waals surface area contributed by atoms with Crippen molar-refractivity contribution in [2.75, 3.05) is 23.0 Å². The summed E-state index contributed by atoms with van der Waals surface area (Å²) in [5.41, 5.74) is 1.33. The van der Waals surface area contributed by atoms with Gasteiger partial charge >= 0.3 is 0 Å². The molecule has 2 N–H and O–H groups in total. The second-order valence-corrected chi connectivity index (χ2v) is 8.50. The van der Waals surface area contributed by atoms with Crippen LogP contribution in [0.3, 0.4) is 0 Å². The van der Waals surface area contributed by atoms with Gasteiger partial charge in [-0.3, -0.25) is 9.59 Å². The van der Waals surface area contributed by atoms with Crippen molar-refractivity contribution < 1.29 is 19.1 Å². The third-order valence-corrected chi connectivity index (χ3v) is 5.71. The van der Waals surface area contributed by atoms with E-state index in [4.69, 9.17) is 9.47 Å².